The van der Waals surface area contributed by atoms with Crippen LogP contribution in [0, 0.1) is 0 Å². The second-order valence-corrected chi connectivity index (χ2v) is 8.06. The maximum atomic E-state index is 14.0. The molecule has 0 spiro atoms. The van der Waals surface area contributed by atoms with Crippen molar-refractivity contribution >= 4 is 5.97 Å². The van der Waals surface area contributed by atoms with Gasteiger partial charge in [-0.1, -0.05) is 55.0 Å². The van der Waals surface area contributed by atoms with E-state index in [9.17, 15) is 23.1 Å². The second-order valence-electron chi connectivity index (χ2n) is 8.06. The molecule has 0 radical (unpaired) electrons. The summed E-state index contributed by atoms with van der Waals surface area (Å²) in [5, 5.41) is 9.84. The van der Waals surface area contributed by atoms with Gasteiger partial charge in [0.1, 0.15) is 17.5 Å². The molecule has 0 saturated carbocycles. The second kappa shape index (κ2) is 9.67. The molecule has 1 heterocycles. The van der Waals surface area contributed by atoms with Crippen molar-refractivity contribution in [3.05, 3.63) is 95.6 Å². The molecule has 7 heteroatoms. The average molecular weight is 455 g/mol. The van der Waals surface area contributed by atoms with Crippen LogP contribution in [0.2, 0.25) is 0 Å². The molecule has 2 unspecified atom stereocenters. The number of nitrogens with zero attached hydrogens (tertiary/aromatic N) is 1. The van der Waals surface area contributed by atoms with Crippen molar-refractivity contribution in [1.82, 2.24) is 4.90 Å². The van der Waals surface area contributed by atoms with Crippen LogP contribution in [0.4, 0.5) is 13.2 Å². The molecule has 33 heavy (non-hydrogen) atoms. The van der Waals surface area contributed by atoms with Gasteiger partial charge in [0.25, 0.3) is 0 Å². The van der Waals surface area contributed by atoms with Crippen molar-refractivity contribution in [2.24, 2.45) is 0 Å². The zero-order valence-corrected chi connectivity index (χ0v) is 17.8. The number of rotatable bonds is 6. The largest absolute Gasteiger partial charge is 0.480 e. The number of hydrogen-bond donors (Lipinski definition) is 1. The fourth-order valence-corrected chi connectivity index (χ4v) is 4.44. The molecule has 2 atom stereocenters. The van der Waals surface area contributed by atoms with E-state index in [1.807, 2.05) is 18.2 Å². The minimum atomic E-state index is -4.57. The molecule has 4 nitrogen and oxygen atoms in total. The Bertz CT molecular complexity index is 1100. The van der Waals surface area contributed by atoms with Gasteiger partial charge < -0.3 is 9.84 Å². The number of halogens is 3. The summed E-state index contributed by atoms with van der Waals surface area (Å²) in [5.74, 6) is 0.0428. The highest BCUT2D eigenvalue weighted by Crippen LogP contribution is 2.42. The van der Waals surface area contributed by atoms with Crippen LogP contribution in [-0.2, 0) is 11.0 Å². The van der Waals surface area contributed by atoms with Gasteiger partial charge in [-0.25, -0.2) is 0 Å². The number of carboxylic acids is 1. The maximum absolute atomic E-state index is 14.0. The molecular weight excluding hydrogens is 431 g/mol. The highest BCUT2D eigenvalue weighted by molar-refractivity contribution is 5.73. The topological polar surface area (TPSA) is 49.8 Å². The van der Waals surface area contributed by atoms with Crippen molar-refractivity contribution in [3.8, 4) is 11.5 Å². The van der Waals surface area contributed by atoms with E-state index in [2.05, 4.69) is 0 Å². The van der Waals surface area contributed by atoms with Gasteiger partial charge in [-0.05, 0) is 60.8 Å². The molecule has 3 aromatic carbocycles. The van der Waals surface area contributed by atoms with Crippen LogP contribution < -0.4 is 4.74 Å². The van der Waals surface area contributed by atoms with Crippen molar-refractivity contribution in [3.63, 3.8) is 0 Å². The molecule has 1 saturated heterocycles. The summed E-state index contributed by atoms with van der Waals surface area (Å²) < 4.78 is 47.8. The van der Waals surface area contributed by atoms with E-state index in [0.717, 1.165) is 12.5 Å². The van der Waals surface area contributed by atoms with E-state index in [0.29, 0.717) is 36.4 Å². The normalized spacial score (nSPS) is 18.0. The molecule has 0 aliphatic carbocycles. The van der Waals surface area contributed by atoms with Gasteiger partial charge >= 0.3 is 12.1 Å². The standard InChI is InChI=1S/C26H24F3NO3/c27-26(28,29)22-14-5-4-13-21(22)24(30-16-7-6-15-23(30)25(31)32)18-9-8-12-20(17-18)33-19-10-2-1-3-11-19/h1-5,8-14,17,23-24H,6-7,15-16H2,(H,31,32). The summed E-state index contributed by atoms with van der Waals surface area (Å²) in [6, 6.07) is 19.6. The Morgan fingerprint density at radius 3 is 2.36 bits per heavy atom. The third kappa shape index (κ3) is 5.20. The lowest BCUT2D eigenvalue weighted by molar-refractivity contribution is -0.145. The maximum Gasteiger partial charge on any atom is 0.416 e. The first-order valence-electron chi connectivity index (χ1n) is 10.8. The van der Waals surface area contributed by atoms with Gasteiger partial charge in [0.05, 0.1) is 11.6 Å². The van der Waals surface area contributed by atoms with Crippen LogP contribution in [-0.4, -0.2) is 28.6 Å². The van der Waals surface area contributed by atoms with E-state index in [1.165, 1.54) is 12.1 Å². The van der Waals surface area contributed by atoms with Crippen LogP contribution >= 0.6 is 0 Å². The first-order valence-corrected chi connectivity index (χ1v) is 10.8. The smallest absolute Gasteiger partial charge is 0.416 e. The zero-order chi connectivity index (χ0) is 23.4. The highest BCUT2D eigenvalue weighted by atomic mass is 19.4. The molecule has 1 aliphatic rings. The molecule has 172 valence electrons. The number of benzene rings is 3. The minimum absolute atomic E-state index is 0.0370. The summed E-state index contributed by atoms with van der Waals surface area (Å²) in [4.78, 5) is 13.7. The van der Waals surface area contributed by atoms with Crippen LogP contribution in [0.3, 0.4) is 0 Å². The number of ether oxygens (including phenoxy) is 1. The Labute approximate surface area is 190 Å². The summed E-state index contributed by atoms with van der Waals surface area (Å²) in [7, 11) is 0. The quantitative estimate of drug-likeness (QED) is 0.459. The number of alkyl halides is 3. The zero-order valence-electron chi connectivity index (χ0n) is 17.8. The van der Waals surface area contributed by atoms with E-state index >= 15 is 0 Å². The number of hydrogen-bond acceptors (Lipinski definition) is 3. The summed E-state index contributed by atoms with van der Waals surface area (Å²) in [6.45, 7) is 0.387. The van der Waals surface area contributed by atoms with E-state index in [4.69, 9.17) is 4.74 Å². The third-order valence-electron chi connectivity index (χ3n) is 5.87. The van der Waals surface area contributed by atoms with E-state index < -0.39 is 29.8 Å². The van der Waals surface area contributed by atoms with Crippen LogP contribution in [0.5, 0.6) is 11.5 Å². The predicted molar refractivity (Wildman–Crippen MR) is 118 cm³/mol. The highest BCUT2D eigenvalue weighted by Gasteiger charge is 2.40. The van der Waals surface area contributed by atoms with Gasteiger partial charge in [0, 0.05) is 0 Å². The third-order valence-corrected chi connectivity index (χ3v) is 5.87. The molecule has 1 fully saturated rings. The number of para-hydroxylation sites is 1. The predicted octanol–water partition coefficient (Wildman–Crippen LogP) is 6.53. The Morgan fingerprint density at radius 1 is 0.939 bits per heavy atom. The van der Waals surface area contributed by atoms with Crippen molar-refractivity contribution in [1.29, 1.82) is 0 Å². The molecule has 0 aromatic heterocycles. The molecule has 1 N–H and O–H groups in total. The van der Waals surface area contributed by atoms with E-state index in [1.54, 1.807) is 47.4 Å². The van der Waals surface area contributed by atoms with Crippen molar-refractivity contribution in [2.45, 2.75) is 37.5 Å². The monoisotopic (exact) mass is 455 g/mol. The SMILES string of the molecule is O=C(O)C1CCCCN1C(c1cccc(Oc2ccccc2)c1)c1ccccc1C(F)(F)F. The minimum Gasteiger partial charge on any atom is -0.480 e. The van der Waals surface area contributed by atoms with Gasteiger partial charge in [-0.15, -0.1) is 0 Å². The molecule has 0 bridgehead atoms. The first-order chi connectivity index (χ1) is 15.8. The van der Waals surface area contributed by atoms with Gasteiger partial charge in [-0.3, -0.25) is 9.69 Å². The Kier molecular flexibility index (Phi) is 6.70. The number of aliphatic carboxylic acids is 1. The molecule has 3 aromatic rings. The van der Waals surface area contributed by atoms with Crippen molar-refractivity contribution in [2.75, 3.05) is 6.54 Å². The van der Waals surface area contributed by atoms with Gasteiger partial charge in [0.15, 0.2) is 0 Å². The lowest BCUT2D eigenvalue weighted by Gasteiger charge is -2.40. The summed E-state index contributed by atoms with van der Waals surface area (Å²) in [6.07, 6.45) is -2.74. The molecule has 4 rings (SSSR count). The van der Waals surface area contributed by atoms with E-state index in [-0.39, 0.29) is 5.56 Å². The van der Waals surface area contributed by atoms with Crippen LogP contribution in [0.1, 0.15) is 42.0 Å². The fraction of sp³-hybridized carbons (Fsp3) is 0.269. The fourth-order valence-electron chi connectivity index (χ4n) is 4.44. The summed E-state index contributed by atoms with van der Waals surface area (Å²) in [5.41, 5.74) is -0.178. The molecule has 0 amide bonds. The number of carboxylic acid groups (broad SMARTS) is 1. The first kappa shape index (κ1) is 22.9. The Balaban J connectivity index is 1.82. The number of piperidine rings is 1. The molecular formula is C26H24F3NO3. The lowest BCUT2D eigenvalue weighted by Crippen LogP contribution is -2.47. The summed E-state index contributed by atoms with van der Waals surface area (Å²) >= 11 is 0. The van der Waals surface area contributed by atoms with Gasteiger partial charge in [0.2, 0.25) is 0 Å². The average Bonchev–Trinajstić information content (AvgIpc) is 2.80. The Morgan fingerprint density at radius 2 is 1.64 bits per heavy atom. The Hall–Kier alpha value is -3.32. The lowest BCUT2D eigenvalue weighted by atomic mass is 9.89. The van der Waals surface area contributed by atoms with Crippen LogP contribution in [0.25, 0.3) is 0 Å². The molecule has 1 aliphatic heterocycles. The number of carbonyl (C=O) groups is 1. The van der Waals surface area contributed by atoms with Crippen LogP contribution in [0.15, 0.2) is 78.9 Å². The number of likely N-dealkylation sites (tertiary alicyclic amines) is 1. The van der Waals surface area contributed by atoms with Crippen molar-refractivity contribution < 1.29 is 27.8 Å². The van der Waals surface area contributed by atoms with Gasteiger partial charge in [-0.2, -0.15) is 13.2 Å².